The summed E-state index contributed by atoms with van der Waals surface area (Å²) in [6.07, 6.45) is 0. The molecule has 0 radical (unpaired) electrons. The predicted octanol–water partition coefficient (Wildman–Crippen LogP) is 0.00880. The molecule has 8 nitrogen and oxygen atoms in total. The molecule has 1 fully saturated rings. The minimum Gasteiger partial charge on any atom is -0.477 e. The summed E-state index contributed by atoms with van der Waals surface area (Å²) in [6.45, 7) is 0.0648. The van der Waals surface area contributed by atoms with E-state index in [1.165, 1.54) is 12.1 Å². The SMILES string of the molecule is COC(=O)C1COCCN1S(=O)(=O)c1ccc(C(=O)O)s1. The van der Waals surface area contributed by atoms with E-state index in [1.54, 1.807) is 0 Å². The lowest BCUT2D eigenvalue weighted by Crippen LogP contribution is -2.52. The molecule has 1 unspecified atom stereocenters. The molecule has 1 aliphatic heterocycles. The number of rotatable bonds is 4. The van der Waals surface area contributed by atoms with Crippen molar-refractivity contribution in [1.82, 2.24) is 4.31 Å². The van der Waals surface area contributed by atoms with Crippen LogP contribution in [0.2, 0.25) is 0 Å². The van der Waals surface area contributed by atoms with Gasteiger partial charge in [-0.1, -0.05) is 0 Å². The highest BCUT2D eigenvalue weighted by atomic mass is 32.2. The van der Waals surface area contributed by atoms with E-state index in [2.05, 4.69) is 4.74 Å². The number of carbonyl (C=O) groups is 2. The third-order valence-corrected chi connectivity index (χ3v) is 6.36. The second kappa shape index (κ2) is 6.10. The fraction of sp³-hybridized carbons (Fsp3) is 0.455. The fourth-order valence-electron chi connectivity index (χ4n) is 1.89. The molecule has 21 heavy (non-hydrogen) atoms. The van der Waals surface area contributed by atoms with Gasteiger partial charge >= 0.3 is 11.9 Å². The van der Waals surface area contributed by atoms with Crippen molar-refractivity contribution in [2.75, 3.05) is 26.9 Å². The van der Waals surface area contributed by atoms with Crippen molar-refractivity contribution in [3.05, 3.63) is 17.0 Å². The Bertz CT molecular complexity index is 651. The minimum absolute atomic E-state index is 0.00239. The summed E-state index contributed by atoms with van der Waals surface area (Å²) in [5.41, 5.74) is 0. The number of sulfonamides is 1. The van der Waals surface area contributed by atoms with E-state index in [9.17, 15) is 18.0 Å². The van der Waals surface area contributed by atoms with Crippen molar-refractivity contribution < 1.29 is 32.6 Å². The molecule has 1 atom stereocenters. The molecule has 1 aliphatic rings. The van der Waals surface area contributed by atoms with E-state index in [0.717, 1.165) is 11.4 Å². The second-order valence-corrected chi connectivity index (χ2v) is 7.35. The number of ether oxygens (including phenoxy) is 2. The molecule has 1 saturated heterocycles. The van der Waals surface area contributed by atoms with Gasteiger partial charge in [-0.25, -0.2) is 13.2 Å². The smallest absolute Gasteiger partial charge is 0.345 e. The van der Waals surface area contributed by atoms with Crippen LogP contribution in [0.4, 0.5) is 0 Å². The summed E-state index contributed by atoms with van der Waals surface area (Å²) in [4.78, 5) is 22.4. The summed E-state index contributed by atoms with van der Waals surface area (Å²) in [5.74, 6) is -1.92. The standard InChI is InChI=1S/C11H13NO7S2/c1-18-11(15)7-6-19-5-4-12(7)21(16,17)9-3-2-8(20-9)10(13)14/h2-3,7H,4-6H2,1H3,(H,13,14). The van der Waals surface area contributed by atoms with Crippen LogP contribution in [0.15, 0.2) is 16.3 Å². The summed E-state index contributed by atoms with van der Waals surface area (Å²) >= 11 is 0.641. The quantitative estimate of drug-likeness (QED) is 0.772. The van der Waals surface area contributed by atoms with Crippen LogP contribution in [0.1, 0.15) is 9.67 Å². The molecule has 0 aliphatic carbocycles. The third-order valence-electron chi connectivity index (χ3n) is 2.91. The van der Waals surface area contributed by atoms with Crippen LogP contribution in [-0.4, -0.2) is 62.7 Å². The summed E-state index contributed by atoms with van der Waals surface area (Å²) < 4.78 is 35.6. The number of hydrogen-bond donors (Lipinski definition) is 1. The summed E-state index contributed by atoms with van der Waals surface area (Å²) in [6, 6.07) is 1.37. The van der Waals surface area contributed by atoms with Gasteiger partial charge in [0, 0.05) is 6.54 Å². The zero-order valence-electron chi connectivity index (χ0n) is 11.0. The van der Waals surface area contributed by atoms with E-state index >= 15 is 0 Å². The average Bonchev–Trinajstić information content (AvgIpc) is 2.97. The maximum atomic E-state index is 12.5. The summed E-state index contributed by atoms with van der Waals surface area (Å²) in [5, 5.41) is 8.86. The van der Waals surface area contributed by atoms with Crippen LogP contribution in [0, 0.1) is 0 Å². The molecule has 2 rings (SSSR count). The van der Waals surface area contributed by atoms with E-state index in [-0.39, 0.29) is 28.8 Å². The molecule has 0 aromatic carbocycles. The van der Waals surface area contributed by atoms with Crippen LogP contribution >= 0.6 is 11.3 Å². The van der Waals surface area contributed by atoms with Gasteiger partial charge in [0.05, 0.1) is 20.3 Å². The van der Waals surface area contributed by atoms with Crippen molar-refractivity contribution in [3.8, 4) is 0 Å². The zero-order valence-corrected chi connectivity index (χ0v) is 12.6. The molecule has 0 bridgehead atoms. The van der Waals surface area contributed by atoms with Crippen LogP contribution in [-0.2, 0) is 24.3 Å². The normalized spacial score (nSPS) is 20.1. The summed E-state index contributed by atoms with van der Waals surface area (Å²) in [7, 11) is -2.81. The van der Waals surface area contributed by atoms with E-state index in [1.807, 2.05) is 0 Å². The average molecular weight is 335 g/mol. The van der Waals surface area contributed by atoms with Gasteiger partial charge < -0.3 is 14.6 Å². The third kappa shape index (κ3) is 3.07. The highest BCUT2D eigenvalue weighted by Gasteiger charge is 2.39. The first-order valence-corrected chi connectivity index (χ1v) is 8.14. The predicted molar refractivity (Wildman–Crippen MR) is 71.8 cm³/mol. The topological polar surface area (TPSA) is 110 Å². The Hall–Kier alpha value is -1.49. The number of carboxylic acids is 1. The molecular formula is C11H13NO7S2. The Balaban J connectivity index is 2.35. The molecule has 2 heterocycles. The highest BCUT2D eigenvalue weighted by molar-refractivity contribution is 7.91. The first-order valence-electron chi connectivity index (χ1n) is 5.88. The van der Waals surface area contributed by atoms with Crippen LogP contribution in [0.5, 0.6) is 0 Å². The number of nitrogens with zero attached hydrogens (tertiary/aromatic N) is 1. The maximum Gasteiger partial charge on any atom is 0.345 e. The molecule has 1 aromatic rings. The molecule has 0 amide bonds. The lowest BCUT2D eigenvalue weighted by molar-refractivity contribution is -0.149. The second-order valence-electron chi connectivity index (χ2n) is 4.15. The van der Waals surface area contributed by atoms with Crippen LogP contribution < -0.4 is 0 Å². The fourth-order valence-corrected chi connectivity index (χ4v) is 4.71. The number of methoxy groups -OCH3 is 1. The van der Waals surface area contributed by atoms with Crippen molar-refractivity contribution in [2.45, 2.75) is 10.3 Å². The largest absolute Gasteiger partial charge is 0.477 e. The van der Waals surface area contributed by atoms with Crippen molar-refractivity contribution >= 4 is 33.3 Å². The molecule has 10 heteroatoms. The Morgan fingerprint density at radius 1 is 1.48 bits per heavy atom. The zero-order chi connectivity index (χ0) is 15.6. The first kappa shape index (κ1) is 15.9. The lowest BCUT2D eigenvalue weighted by Gasteiger charge is -2.32. The van der Waals surface area contributed by atoms with Gasteiger partial charge in [-0.2, -0.15) is 4.31 Å². The number of carbonyl (C=O) groups excluding carboxylic acids is 1. The lowest BCUT2D eigenvalue weighted by atomic mass is 10.3. The molecule has 116 valence electrons. The van der Waals surface area contributed by atoms with Gasteiger partial charge in [-0.15, -0.1) is 11.3 Å². The van der Waals surface area contributed by atoms with Crippen molar-refractivity contribution in [3.63, 3.8) is 0 Å². The van der Waals surface area contributed by atoms with Crippen molar-refractivity contribution in [2.24, 2.45) is 0 Å². The Kier molecular flexibility index (Phi) is 4.61. The number of morpholine rings is 1. The Morgan fingerprint density at radius 3 is 2.76 bits per heavy atom. The monoisotopic (exact) mass is 335 g/mol. The van der Waals surface area contributed by atoms with Gasteiger partial charge in [0.1, 0.15) is 15.1 Å². The highest BCUT2D eigenvalue weighted by Crippen LogP contribution is 2.27. The van der Waals surface area contributed by atoms with Gasteiger partial charge in [-0.3, -0.25) is 4.79 Å². The van der Waals surface area contributed by atoms with E-state index in [4.69, 9.17) is 9.84 Å². The number of carboxylic acid groups (broad SMARTS) is 1. The Labute approximate surface area is 124 Å². The number of aromatic carboxylic acids is 1. The van der Waals surface area contributed by atoms with E-state index < -0.39 is 28.0 Å². The Morgan fingerprint density at radius 2 is 2.19 bits per heavy atom. The molecule has 0 saturated carbocycles. The van der Waals surface area contributed by atoms with Gasteiger partial charge in [0.15, 0.2) is 0 Å². The van der Waals surface area contributed by atoms with Gasteiger partial charge in [-0.05, 0) is 12.1 Å². The molecule has 0 spiro atoms. The van der Waals surface area contributed by atoms with Gasteiger partial charge in [0.25, 0.3) is 10.0 Å². The van der Waals surface area contributed by atoms with Crippen LogP contribution in [0.3, 0.4) is 0 Å². The maximum absolute atomic E-state index is 12.5. The number of esters is 1. The number of thiophene rings is 1. The van der Waals surface area contributed by atoms with Gasteiger partial charge in [0.2, 0.25) is 0 Å². The van der Waals surface area contributed by atoms with Crippen LogP contribution in [0.25, 0.3) is 0 Å². The number of hydrogen-bond acceptors (Lipinski definition) is 7. The van der Waals surface area contributed by atoms with E-state index in [0.29, 0.717) is 11.3 Å². The molecule has 1 N–H and O–H groups in total. The molecular weight excluding hydrogens is 322 g/mol. The first-order chi connectivity index (χ1) is 9.87. The minimum atomic E-state index is -3.97. The molecule has 1 aromatic heterocycles. The van der Waals surface area contributed by atoms with Crippen molar-refractivity contribution in [1.29, 1.82) is 0 Å².